The molecule has 0 saturated heterocycles. The lowest BCUT2D eigenvalue weighted by atomic mass is 10.1. The normalized spacial score (nSPS) is 10.5. The molecule has 0 radical (unpaired) electrons. The Labute approximate surface area is 198 Å². The number of rotatable bonds is 5. The zero-order chi connectivity index (χ0) is 23.3. The summed E-state index contributed by atoms with van der Waals surface area (Å²) in [6.45, 7) is 4.95. The number of methoxy groups -OCH3 is 1. The topological polar surface area (TPSA) is 57.3 Å². The molecule has 32 heavy (non-hydrogen) atoms. The van der Waals surface area contributed by atoms with Crippen molar-refractivity contribution in [2.45, 2.75) is 26.8 Å². The molecular weight excluding hydrogens is 443 g/mol. The first kappa shape index (κ1) is 23.7. The maximum absolute atomic E-state index is 10.8. The smallest absolute Gasteiger partial charge is 0.248 e. The molecule has 0 unspecified atom stereocenters. The Kier molecular flexibility index (Phi) is 7.84. The van der Waals surface area contributed by atoms with Crippen LogP contribution in [0.4, 0.5) is 0 Å². The predicted octanol–water partition coefficient (Wildman–Crippen LogP) is 6.66. The monoisotopic (exact) mass is 468 g/mol. The van der Waals surface area contributed by atoms with Crippen LogP contribution >= 0.6 is 23.2 Å². The molecule has 0 aliphatic carbocycles. The Balaban J connectivity index is 0.000000207. The van der Waals surface area contributed by atoms with Crippen LogP contribution in [0.1, 0.15) is 34.1 Å². The average Bonchev–Trinajstić information content (AvgIpc) is 3.10. The SMILES string of the molecule is CCc1cc(C(N)=O)ccc1Cl.COc1ccc2c(c1)cc(C)n2Cc1ccc(Cl)cc1. The fourth-order valence-electron chi connectivity index (χ4n) is 3.50. The highest BCUT2D eigenvalue weighted by Crippen LogP contribution is 2.25. The van der Waals surface area contributed by atoms with Crippen LogP contribution in [0.15, 0.2) is 66.7 Å². The summed E-state index contributed by atoms with van der Waals surface area (Å²) in [4.78, 5) is 10.8. The maximum atomic E-state index is 10.8. The summed E-state index contributed by atoms with van der Waals surface area (Å²) in [5, 5.41) is 2.66. The zero-order valence-electron chi connectivity index (χ0n) is 18.4. The number of amides is 1. The van der Waals surface area contributed by atoms with Gasteiger partial charge in [0.2, 0.25) is 5.91 Å². The summed E-state index contributed by atoms with van der Waals surface area (Å²) in [6.07, 6.45) is 0.806. The van der Waals surface area contributed by atoms with Crippen molar-refractivity contribution in [1.82, 2.24) is 4.57 Å². The first-order chi connectivity index (χ1) is 15.3. The molecule has 0 spiro atoms. The molecule has 3 aromatic carbocycles. The molecule has 0 aliphatic heterocycles. The second kappa shape index (κ2) is 10.6. The van der Waals surface area contributed by atoms with E-state index in [4.69, 9.17) is 33.7 Å². The van der Waals surface area contributed by atoms with E-state index in [1.54, 1.807) is 25.3 Å². The number of carbonyl (C=O) groups excluding carboxylic acids is 1. The molecule has 4 rings (SSSR count). The van der Waals surface area contributed by atoms with Crippen LogP contribution in [0.5, 0.6) is 5.75 Å². The number of nitrogens with zero attached hydrogens (tertiary/aromatic N) is 1. The van der Waals surface area contributed by atoms with Gasteiger partial charge in [0.25, 0.3) is 0 Å². The van der Waals surface area contributed by atoms with Gasteiger partial charge < -0.3 is 15.0 Å². The number of benzene rings is 3. The molecule has 0 bridgehead atoms. The van der Waals surface area contributed by atoms with Crippen molar-refractivity contribution >= 4 is 40.0 Å². The average molecular weight is 469 g/mol. The number of aromatic nitrogens is 1. The highest BCUT2D eigenvalue weighted by Gasteiger charge is 2.07. The molecule has 1 aromatic heterocycles. The van der Waals surface area contributed by atoms with Crippen molar-refractivity contribution in [2.75, 3.05) is 7.11 Å². The van der Waals surface area contributed by atoms with Gasteiger partial charge in [-0.2, -0.15) is 0 Å². The standard InChI is InChI=1S/C17H16ClNO.C9H10ClNO/c1-12-9-14-10-16(20-2)7-8-17(14)19(12)11-13-3-5-15(18)6-4-13;1-2-6-5-7(9(11)12)3-4-8(6)10/h3-10H,11H2,1-2H3;3-5H,2H2,1H3,(H2,11,12). The van der Waals surface area contributed by atoms with Gasteiger partial charge in [0, 0.05) is 38.8 Å². The van der Waals surface area contributed by atoms with Crippen LogP contribution in [0.2, 0.25) is 10.0 Å². The summed E-state index contributed by atoms with van der Waals surface area (Å²) in [6, 6.07) is 21.4. The van der Waals surface area contributed by atoms with Gasteiger partial charge in [0.15, 0.2) is 0 Å². The third-order valence-electron chi connectivity index (χ3n) is 5.28. The molecule has 1 amide bonds. The summed E-state index contributed by atoms with van der Waals surface area (Å²) >= 11 is 11.8. The minimum Gasteiger partial charge on any atom is -0.497 e. The van der Waals surface area contributed by atoms with Gasteiger partial charge >= 0.3 is 0 Å². The van der Waals surface area contributed by atoms with Crippen LogP contribution in [-0.4, -0.2) is 17.6 Å². The molecule has 6 heteroatoms. The number of hydrogen-bond acceptors (Lipinski definition) is 2. The number of nitrogens with two attached hydrogens (primary N) is 1. The van der Waals surface area contributed by atoms with Crippen molar-refractivity contribution < 1.29 is 9.53 Å². The quantitative estimate of drug-likeness (QED) is 0.355. The van der Waals surface area contributed by atoms with Gasteiger partial charge in [-0.15, -0.1) is 0 Å². The van der Waals surface area contributed by atoms with Gasteiger partial charge in [0.1, 0.15) is 5.75 Å². The Bertz CT molecular complexity index is 1230. The second-order valence-corrected chi connectivity index (χ2v) is 8.29. The molecular formula is C26H26Cl2N2O2. The Morgan fingerprint density at radius 2 is 1.72 bits per heavy atom. The van der Waals surface area contributed by atoms with Gasteiger partial charge in [-0.05, 0) is 79.1 Å². The summed E-state index contributed by atoms with van der Waals surface area (Å²) in [7, 11) is 1.69. The molecule has 0 aliphatic rings. The largest absolute Gasteiger partial charge is 0.497 e. The lowest BCUT2D eigenvalue weighted by molar-refractivity contribution is 0.1000. The van der Waals surface area contributed by atoms with Gasteiger partial charge in [-0.25, -0.2) is 0 Å². The number of halogens is 2. The van der Waals surface area contributed by atoms with Crippen LogP contribution in [0, 0.1) is 6.92 Å². The van der Waals surface area contributed by atoms with Crippen molar-refractivity contribution in [3.05, 3.63) is 99.2 Å². The number of fused-ring (bicyclic) bond motifs is 1. The molecule has 0 saturated carbocycles. The fraction of sp³-hybridized carbons (Fsp3) is 0.192. The molecule has 4 nitrogen and oxygen atoms in total. The lowest BCUT2D eigenvalue weighted by Gasteiger charge is -2.09. The second-order valence-electron chi connectivity index (χ2n) is 7.45. The molecule has 0 fully saturated rings. The van der Waals surface area contributed by atoms with Crippen molar-refractivity contribution in [1.29, 1.82) is 0 Å². The minimum absolute atomic E-state index is 0.415. The summed E-state index contributed by atoms with van der Waals surface area (Å²) < 4.78 is 7.58. The van der Waals surface area contributed by atoms with E-state index in [0.29, 0.717) is 10.6 Å². The van der Waals surface area contributed by atoms with Gasteiger partial charge in [-0.3, -0.25) is 4.79 Å². The molecule has 2 N–H and O–H groups in total. The summed E-state index contributed by atoms with van der Waals surface area (Å²) in [5.41, 5.74) is 10.3. The zero-order valence-corrected chi connectivity index (χ0v) is 19.9. The van der Waals surface area contributed by atoms with E-state index in [1.165, 1.54) is 22.2 Å². The van der Waals surface area contributed by atoms with E-state index in [9.17, 15) is 4.79 Å². The maximum Gasteiger partial charge on any atom is 0.248 e. The van der Waals surface area contributed by atoms with E-state index >= 15 is 0 Å². The van der Waals surface area contributed by atoms with Gasteiger partial charge in [-0.1, -0.05) is 42.3 Å². The Hall–Kier alpha value is -2.95. The number of carbonyl (C=O) groups is 1. The summed E-state index contributed by atoms with van der Waals surface area (Å²) in [5.74, 6) is 0.475. The number of hydrogen-bond donors (Lipinski definition) is 1. The first-order valence-corrected chi connectivity index (χ1v) is 11.0. The van der Waals surface area contributed by atoms with E-state index in [-0.39, 0.29) is 0 Å². The molecule has 166 valence electrons. The molecule has 1 heterocycles. The van der Waals surface area contributed by atoms with E-state index in [2.05, 4.69) is 41.8 Å². The van der Waals surface area contributed by atoms with Crippen molar-refractivity contribution in [3.63, 3.8) is 0 Å². The highest BCUT2D eigenvalue weighted by atomic mass is 35.5. The van der Waals surface area contributed by atoms with Crippen molar-refractivity contribution in [2.24, 2.45) is 5.73 Å². The van der Waals surface area contributed by atoms with Crippen LogP contribution in [0.3, 0.4) is 0 Å². The van der Waals surface area contributed by atoms with E-state index in [0.717, 1.165) is 29.3 Å². The Morgan fingerprint density at radius 1 is 1.00 bits per heavy atom. The third kappa shape index (κ3) is 5.64. The highest BCUT2D eigenvalue weighted by molar-refractivity contribution is 6.31. The number of primary amides is 1. The fourth-order valence-corrected chi connectivity index (χ4v) is 3.87. The minimum atomic E-state index is -0.415. The van der Waals surface area contributed by atoms with E-state index < -0.39 is 5.91 Å². The van der Waals surface area contributed by atoms with E-state index in [1.807, 2.05) is 25.1 Å². The van der Waals surface area contributed by atoms with Crippen LogP contribution in [-0.2, 0) is 13.0 Å². The Morgan fingerprint density at radius 3 is 2.34 bits per heavy atom. The van der Waals surface area contributed by atoms with Gasteiger partial charge in [0.05, 0.1) is 7.11 Å². The first-order valence-electron chi connectivity index (χ1n) is 10.3. The third-order valence-corrected chi connectivity index (χ3v) is 5.90. The molecule has 0 atom stereocenters. The predicted molar refractivity (Wildman–Crippen MR) is 133 cm³/mol. The van der Waals surface area contributed by atoms with Crippen molar-refractivity contribution in [3.8, 4) is 5.75 Å². The lowest BCUT2D eigenvalue weighted by Crippen LogP contribution is -2.11. The van der Waals surface area contributed by atoms with Crippen LogP contribution < -0.4 is 10.5 Å². The number of aryl methyl sites for hydroxylation is 2. The number of ether oxygens (including phenoxy) is 1. The van der Waals surface area contributed by atoms with Crippen LogP contribution in [0.25, 0.3) is 10.9 Å². The molecule has 4 aromatic rings.